The van der Waals surface area contributed by atoms with E-state index < -0.39 is 0 Å². The van der Waals surface area contributed by atoms with Crippen LogP contribution in [0, 0.1) is 29.6 Å². The van der Waals surface area contributed by atoms with E-state index in [4.69, 9.17) is 10.1 Å². The van der Waals surface area contributed by atoms with Crippen molar-refractivity contribution >= 4 is 0 Å². The molecule has 0 aromatic heterocycles. The molecule has 5 atom stereocenters. The molecule has 4 nitrogen and oxygen atoms in total. The van der Waals surface area contributed by atoms with Crippen LogP contribution in [0.5, 0.6) is 0 Å². The predicted molar refractivity (Wildman–Crippen MR) is 169 cm³/mol. The minimum Gasteiger partial charge on any atom is -0.252 e. The molecule has 2 aliphatic rings. The Morgan fingerprint density at radius 3 is 1.98 bits per heavy atom. The van der Waals surface area contributed by atoms with Gasteiger partial charge in [0.05, 0.1) is 13.2 Å². The SMILES string of the molecule is CCCCCCC1C=CC(CCCCCCCCOO)C(/C=C2/CCCCCCC2COO)C1CCCCCC. The Bertz CT molecular complexity index is 645. The fourth-order valence-corrected chi connectivity index (χ4v) is 7.49. The summed E-state index contributed by atoms with van der Waals surface area (Å²) in [6.07, 6.45) is 37.6. The first-order valence-electron chi connectivity index (χ1n) is 17.7. The molecule has 0 heterocycles. The molecule has 40 heavy (non-hydrogen) atoms. The van der Waals surface area contributed by atoms with Crippen molar-refractivity contribution in [3.8, 4) is 0 Å². The first kappa shape index (κ1) is 35.5. The van der Waals surface area contributed by atoms with Gasteiger partial charge in [0, 0.05) is 5.92 Å². The minimum absolute atomic E-state index is 0.378. The Balaban J connectivity index is 2.20. The van der Waals surface area contributed by atoms with E-state index in [1.165, 1.54) is 128 Å². The molecule has 0 radical (unpaired) electrons. The summed E-state index contributed by atoms with van der Waals surface area (Å²) in [5.74, 6) is 3.11. The largest absolute Gasteiger partial charge is 0.252 e. The van der Waals surface area contributed by atoms with Gasteiger partial charge >= 0.3 is 0 Å². The fourth-order valence-electron chi connectivity index (χ4n) is 7.49. The van der Waals surface area contributed by atoms with Crippen LogP contribution in [-0.4, -0.2) is 23.7 Å². The normalized spacial score (nSPS) is 26.7. The van der Waals surface area contributed by atoms with E-state index in [2.05, 4.69) is 37.0 Å². The highest BCUT2D eigenvalue weighted by Gasteiger charge is 2.35. The summed E-state index contributed by atoms with van der Waals surface area (Å²) in [5, 5.41) is 18.0. The van der Waals surface area contributed by atoms with E-state index in [0.29, 0.717) is 36.9 Å². The lowest BCUT2D eigenvalue weighted by atomic mass is 9.65. The van der Waals surface area contributed by atoms with Crippen molar-refractivity contribution in [1.29, 1.82) is 0 Å². The Kier molecular flexibility index (Phi) is 21.2. The maximum Gasteiger partial charge on any atom is 0.0884 e. The average molecular weight is 563 g/mol. The highest BCUT2D eigenvalue weighted by atomic mass is 17.1. The van der Waals surface area contributed by atoms with Crippen LogP contribution in [0.15, 0.2) is 23.8 Å². The van der Waals surface area contributed by atoms with Crippen LogP contribution < -0.4 is 0 Å². The predicted octanol–water partition coefficient (Wildman–Crippen LogP) is 11.6. The summed E-state index contributed by atoms with van der Waals surface area (Å²) in [7, 11) is 0. The van der Waals surface area contributed by atoms with Crippen LogP contribution in [0.25, 0.3) is 0 Å². The van der Waals surface area contributed by atoms with Gasteiger partial charge in [0.1, 0.15) is 0 Å². The maximum atomic E-state index is 9.43. The monoisotopic (exact) mass is 562 g/mol. The highest BCUT2D eigenvalue weighted by Crippen LogP contribution is 2.44. The second-order valence-corrected chi connectivity index (χ2v) is 13.1. The molecule has 0 aliphatic heterocycles. The lowest BCUT2D eigenvalue weighted by Crippen LogP contribution is -2.31. The maximum absolute atomic E-state index is 9.43. The molecule has 5 unspecified atom stereocenters. The second-order valence-electron chi connectivity index (χ2n) is 13.1. The van der Waals surface area contributed by atoms with Gasteiger partial charge in [-0.05, 0) is 68.6 Å². The molecule has 0 bridgehead atoms. The van der Waals surface area contributed by atoms with Gasteiger partial charge in [0.15, 0.2) is 0 Å². The lowest BCUT2D eigenvalue weighted by molar-refractivity contribution is -0.249. The zero-order valence-corrected chi connectivity index (χ0v) is 26.5. The zero-order chi connectivity index (χ0) is 28.7. The van der Waals surface area contributed by atoms with Crippen molar-refractivity contribution < 1.29 is 20.3 Å². The standard InChI is InChI=1S/C36H66O4/c1-3-5-7-15-21-31-26-27-32(22-16-11-9-10-14-20-28-39-37)36(35(31)25-19-8-6-4-2)29-33-23-17-12-13-18-24-34(33)30-40-38/h26-27,29,31-32,34-38H,3-25,28,30H2,1-2H3/b33-29-. The van der Waals surface area contributed by atoms with Crippen LogP contribution in [0.1, 0.15) is 162 Å². The van der Waals surface area contributed by atoms with Crippen molar-refractivity contribution in [2.24, 2.45) is 29.6 Å². The minimum atomic E-state index is 0.378. The molecular weight excluding hydrogens is 496 g/mol. The first-order valence-corrected chi connectivity index (χ1v) is 17.7. The molecule has 0 aromatic carbocycles. The van der Waals surface area contributed by atoms with Gasteiger partial charge in [-0.2, -0.15) is 0 Å². The van der Waals surface area contributed by atoms with Crippen molar-refractivity contribution in [3.63, 3.8) is 0 Å². The Labute approximate surface area is 248 Å². The van der Waals surface area contributed by atoms with E-state index in [1.807, 2.05) is 0 Å². The molecule has 4 heteroatoms. The molecule has 0 amide bonds. The third kappa shape index (κ3) is 14.5. The Hall–Kier alpha value is -0.680. The summed E-state index contributed by atoms with van der Waals surface area (Å²) in [6.45, 7) is 5.56. The summed E-state index contributed by atoms with van der Waals surface area (Å²) in [4.78, 5) is 9.01. The number of allylic oxidation sites excluding steroid dienone is 3. The van der Waals surface area contributed by atoms with Crippen molar-refractivity contribution in [3.05, 3.63) is 23.8 Å². The molecule has 2 rings (SSSR count). The molecule has 0 saturated heterocycles. The lowest BCUT2D eigenvalue weighted by Gasteiger charge is -2.40. The average Bonchev–Trinajstić information content (AvgIpc) is 2.95. The zero-order valence-electron chi connectivity index (χ0n) is 26.5. The van der Waals surface area contributed by atoms with Gasteiger partial charge in [-0.1, -0.05) is 140 Å². The van der Waals surface area contributed by atoms with Gasteiger partial charge in [-0.15, -0.1) is 0 Å². The van der Waals surface area contributed by atoms with E-state index in [0.717, 1.165) is 25.2 Å². The highest BCUT2D eigenvalue weighted by molar-refractivity contribution is 5.17. The summed E-state index contributed by atoms with van der Waals surface area (Å²) >= 11 is 0. The summed E-state index contributed by atoms with van der Waals surface area (Å²) < 4.78 is 0. The van der Waals surface area contributed by atoms with Crippen LogP contribution in [0.2, 0.25) is 0 Å². The molecule has 234 valence electrons. The van der Waals surface area contributed by atoms with Gasteiger partial charge in [-0.3, -0.25) is 10.5 Å². The van der Waals surface area contributed by atoms with Crippen LogP contribution in [-0.2, 0) is 9.78 Å². The third-order valence-electron chi connectivity index (χ3n) is 9.92. The second kappa shape index (κ2) is 23.8. The molecule has 1 fully saturated rings. The van der Waals surface area contributed by atoms with Crippen LogP contribution >= 0.6 is 0 Å². The van der Waals surface area contributed by atoms with Crippen LogP contribution in [0.3, 0.4) is 0 Å². The molecule has 0 aromatic rings. The van der Waals surface area contributed by atoms with Crippen molar-refractivity contribution in [1.82, 2.24) is 0 Å². The Morgan fingerprint density at radius 2 is 1.27 bits per heavy atom. The van der Waals surface area contributed by atoms with Gasteiger partial charge < -0.3 is 0 Å². The quantitative estimate of drug-likeness (QED) is 0.0596. The molecule has 0 spiro atoms. The van der Waals surface area contributed by atoms with Crippen molar-refractivity contribution in [2.45, 2.75) is 162 Å². The van der Waals surface area contributed by atoms with Crippen molar-refractivity contribution in [2.75, 3.05) is 13.2 Å². The number of hydrogen-bond donors (Lipinski definition) is 2. The summed E-state index contributed by atoms with van der Waals surface area (Å²) in [5.41, 5.74) is 1.59. The Morgan fingerprint density at radius 1 is 0.675 bits per heavy atom. The molecular formula is C36H66O4. The van der Waals surface area contributed by atoms with E-state index >= 15 is 0 Å². The molecule has 2 N–H and O–H groups in total. The molecule has 2 aliphatic carbocycles. The number of hydrogen-bond acceptors (Lipinski definition) is 4. The number of unbranched alkanes of at least 4 members (excludes halogenated alkanes) is 11. The van der Waals surface area contributed by atoms with E-state index in [1.54, 1.807) is 5.57 Å². The van der Waals surface area contributed by atoms with Gasteiger partial charge in [0.25, 0.3) is 0 Å². The van der Waals surface area contributed by atoms with Crippen LogP contribution in [0.4, 0.5) is 0 Å². The van der Waals surface area contributed by atoms with Gasteiger partial charge in [-0.25, -0.2) is 9.78 Å². The van der Waals surface area contributed by atoms with Gasteiger partial charge in [0.2, 0.25) is 0 Å². The summed E-state index contributed by atoms with van der Waals surface area (Å²) in [6, 6.07) is 0. The first-order chi connectivity index (χ1) is 19.7. The smallest absolute Gasteiger partial charge is 0.0884 e. The number of rotatable bonds is 22. The fraction of sp³-hybridized carbons (Fsp3) is 0.889. The van der Waals surface area contributed by atoms with E-state index in [9.17, 15) is 5.26 Å². The van der Waals surface area contributed by atoms with E-state index in [-0.39, 0.29) is 0 Å². The topological polar surface area (TPSA) is 58.9 Å². The molecule has 1 saturated carbocycles. The third-order valence-corrected chi connectivity index (χ3v) is 9.92.